The molecule has 0 aliphatic rings. The molecule has 0 fully saturated rings. The van der Waals surface area contributed by atoms with Crippen LogP contribution < -0.4 is 0 Å². The second kappa shape index (κ2) is 6.75. The van der Waals surface area contributed by atoms with Gasteiger partial charge in [-0.1, -0.05) is 29.8 Å². The quantitative estimate of drug-likeness (QED) is 0.536. The Morgan fingerprint density at radius 1 is 0.815 bits per heavy atom. The molecule has 1 heterocycles. The van der Waals surface area contributed by atoms with Crippen LogP contribution in [0.15, 0.2) is 52.9 Å². The lowest BCUT2D eigenvalue weighted by Crippen LogP contribution is -2.45. The van der Waals surface area contributed by atoms with Crippen LogP contribution in [-0.2, 0) is 5.41 Å². The Morgan fingerprint density at radius 2 is 1.26 bits per heavy atom. The highest BCUT2D eigenvalue weighted by Gasteiger charge is 2.58. The highest BCUT2D eigenvalue weighted by atomic mass is 19.4. The lowest BCUT2D eigenvalue weighted by molar-refractivity contribution is -0.219. The molecule has 1 unspecified atom stereocenters. The number of aryl methyl sites for hydroxylation is 1. The van der Waals surface area contributed by atoms with Crippen LogP contribution in [0.2, 0.25) is 0 Å². The molecule has 1 aromatic heterocycles. The summed E-state index contributed by atoms with van der Waals surface area (Å²) < 4.78 is 71.3. The van der Waals surface area contributed by atoms with Crippen molar-refractivity contribution in [2.75, 3.05) is 0 Å². The molecule has 142 valence electrons. The molecule has 0 aliphatic heterocycles. The first kappa shape index (κ1) is 19.0. The minimum absolute atomic E-state index is 0.0860. The number of hydrogen-bond acceptors (Lipinski definition) is 3. The first-order valence-electron chi connectivity index (χ1n) is 7.99. The van der Waals surface area contributed by atoms with E-state index in [9.17, 15) is 22.0 Å². The van der Waals surface area contributed by atoms with Crippen molar-refractivity contribution in [1.82, 2.24) is 10.2 Å². The monoisotopic (exact) mass is 382 g/mol. The molecule has 2 aromatic carbocycles. The summed E-state index contributed by atoms with van der Waals surface area (Å²) in [6.45, 7) is 2.41. The summed E-state index contributed by atoms with van der Waals surface area (Å²) in [4.78, 5) is 0. The van der Waals surface area contributed by atoms with Gasteiger partial charge in [-0.15, -0.1) is 10.2 Å². The van der Waals surface area contributed by atoms with E-state index in [0.29, 0.717) is 18.1 Å². The maximum atomic E-state index is 13.2. The van der Waals surface area contributed by atoms with Crippen molar-refractivity contribution in [3.05, 3.63) is 59.7 Å². The average molecular weight is 382 g/mol. The van der Waals surface area contributed by atoms with Gasteiger partial charge in [0, 0.05) is 11.1 Å². The van der Waals surface area contributed by atoms with Gasteiger partial charge in [0.15, 0.2) is 0 Å². The molecule has 1 atom stereocenters. The topological polar surface area (TPSA) is 38.9 Å². The highest BCUT2D eigenvalue weighted by molar-refractivity contribution is 5.58. The van der Waals surface area contributed by atoms with Crippen LogP contribution in [0.25, 0.3) is 22.9 Å². The van der Waals surface area contributed by atoms with Crippen LogP contribution in [0, 0.1) is 6.92 Å². The van der Waals surface area contributed by atoms with E-state index in [-0.39, 0.29) is 11.8 Å². The zero-order chi connectivity index (χ0) is 19.8. The van der Waals surface area contributed by atoms with Gasteiger partial charge in [-0.3, -0.25) is 0 Å². The molecule has 0 spiro atoms. The Morgan fingerprint density at radius 3 is 1.67 bits per heavy atom. The Bertz CT molecular complexity index is 917. The van der Waals surface area contributed by atoms with Crippen LogP contribution in [0.1, 0.15) is 18.1 Å². The van der Waals surface area contributed by atoms with Crippen LogP contribution in [-0.4, -0.2) is 22.8 Å². The predicted octanol–water partition coefficient (Wildman–Crippen LogP) is 5.80. The zero-order valence-corrected chi connectivity index (χ0v) is 14.4. The van der Waals surface area contributed by atoms with E-state index in [0.717, 1.165) is 17.7 Å². The number of benzene rings is 2. The molecule has 3 rings (SSSR count). The second-order valence-electron chi connectivity index (χ2n) is 6.36. The maximum Gasteiger partial charge on any atom is 0.403 e. The third kappa shape index (κ3) is 3.43. The van der Waals surface area contributed by atoms with E-state index in [1.165, 1.54) is 12.1 Å². The Kier molecular flexibility index (Phi) is 4.75. The Labute approximate surface area is 151 Å². The molecule has 27 heavy (non-hydrogen) atoms. The van der Waals surface area contributed by atoms with E-state index >= 15 is 0 Å². The van der Waals surface area contributed by atoms with Gasteiger partial charge >= 0.3 is 6.18 Å². The lowest BCUT2D eigenvalue weighted by Gasteiger charge is -2.31. The minimum Gasteiger partial charge on any atom is -0.416 e. The molecule has 8 heteroatoms. The molecule has 0 N–H and O–H groups in total. The molecule has 0 amide bonds. The number of alkyl halides is 5. The van der Waals surface area contributed by atoms with Crippen LogP contribution in [0.5, 0.6) is 0 Å². The SMILES string of the molecule is Cc1ccc(-c2nnc(-c3ccc(C(C)(C(F)F)C(F)(F)F)cc3)o2)cc1. The van der Waals surface area contributed by atoms with E-state index in [2.05, 4.69) is 10.2 Å². The summed E-state index contributed by atoms with van der Waals surface area (Å²) in [5, 5.41) is 7.79. The molecule has 0 radical (unpaired) electrons. The third-order valence-electron chi connectivity index (χ3n) is 4.48. The van der Waals surface area contributed by atoms with Gasteiger partial charge in [-0.2, -0.15) is 13.2 Å². The predicted molar refractivity (Wildman–Crippen MR) is 89.3 cm³/mol. The van der Waals surface area contributed by atoms with Gasteiger partial charge in [0.05, 0.1) is 0 Å². The first-order chi connectivity index (χ1) is 12.6. The smallest absolute Gasteiger partial charge is 0.403 e. The Balaban J connectivity index is 1.91. The van der Waals surface area contributed by atoms with Crippen molar-refractivity contribution in [3.63, 3.8) is 0 Å². The third-order valence-corrected chi connectivity index (χ3v) is 4.48. The van der Waals surface area contributed by atoms with Crippen molar-refractivity contribution in [3.8, 4) is 22.9 Å². The van der Waals surface area contributed by atoms with Crippen molar-refractivity contribution >= 4 is 0 Å². The summed E-state index contributed by atoms with van der Waals surface area (Å²) in [6, 6.07) is 11.9. The number of hydrogen-bond donors (Lipinski definition) is 0. The van der Waals surface area contributed by atoms with Crippen LogP contribution in [0.4, 0.5) is 22.0 Å². The number of aromatic nitrogens is 2. The molecule has 3 aromatic rings. The second-order valence-corrected chi connectivity index (χ2v) is 6.36. The van der Waals surface area contributed by atoms with Crippen LogP contribution >= 0.6 is 0 Å². The number of rotatable bonds is 4. The van der Waals surface area contributed by atoms with Crippen LogP contribution in [0.3, 0.4) is 0 Å². The molecule has 3 nitrogen and oxygen atoms in total. The molecule has 0 aliphatic carbocycles. The summed E-state index contributed by atoms with van der Waals surface area (Å²) in [5.41, 5.74) is -1.71. The summed E-state index contributed by atoms with van der Waals surface area (Å²) >= 11 is 0. The fourth-order valence-corrected chi connectivity index (χ4v) is 2.53. The summed E-state index contributed by atoms with van der Waals surface area (Å²) in [7, 11) is 0. The van der Waals surface area contributed by atoms with E-state index in [1.807, 2.05) is 19.1 Å². The summed E-state index contributed by atoms with van der Waals surface area (Å²) in [5.74, 6) is 0.338. The molecule has 0 saturated carbocycles. The standard InChI is InChI=1S/C19H15F5N2O/c1-11-3-5-12(6-4-11)15-25-26-16(27-15)13-7-9-14(10-8-13)18(2,17(20)21)19(22,23)24/h3-10,17H,1-2H3. The molecule has 0 bridgehead atoms. The van der Waals surface area contributed by atoms with Gasteiger partial charge in [-0.05, 0) is 43.7 Å². The first-order valence-corrected chi connectivity index (χ1v) is 7.99. The van der Waals surface area contributed by atoms with Gasteiger partial charge < -0.3 is 4.42 Å². The van der Waals surface area contributed by atoms with Gasteiger partial charge in [0.1, 0.15) is 5.41 Å². The molecule has 0 saturated heterocycles. The van der Waals surface area contributed by atoms with Crippen molar-refractivity contribution in [1.29, 1.82) is 0 Å². The van der Waals surface area contributed by atoms with E-state index < -0.39 is 23.6 Å². The van der Waals surface area contributed by atoms with Crippen molar-refractivity contribution in [2.24, 2.45) is 0 Å². The van der Waals surface area contributed by atoms with Crippen molar-refractivity contribution < 1.29 is 26.4 Å². The highest BCUT2D eigenvalue weighted by Crippen LogP contribution is 2.45. The van der Waals surface area contributed by atoms with Gasteiger partial charge in [0.2, 0.25) is 11.8 Å². The van der Waals surface area contributed by atoms with Gasteiger partial charge in [0.25, 0.3) is 6.43 Å². The Hall–Kier alpha value is -2.77. The lowest BCUT2D eigenvalue weighted by atomic mass is 9.82. The van der Waals surface area contributed by atoms with E-state index in [4.69, 9.17) is 4.42 Å². The van der Waals surface area contributed by atoms with Crippen molar-refractivity contribution in [2.45, 2.75) is 31.9 Å². The van der Waals surface area contributed by atoms with E-state index in [1.54, 1.807) is 12.1 Å². The molecular formula is C19H15F5N2O. The fraction of sp³-hybridized carbons (Fsp3) is 0.263. The molecular weight excluding hydrogens is 367 g/mol. The number of nitrogens with zero attached hydrogens (tertiary/aromatic N) is 2. The normalized spacial score (nSPS) is 14.4. The minimum atomic E-state index is -5.09. The average Bonchev–Trinajstić information content (AvgIpc) is 3.10. The maximum absolute atomic E-state index is 13.2. The van der Waals surface area contributed by atoms with Gasteiger partial charge in [-0.25, -0.2) is 8.78 Å². The zero-order valence-electron chi connectivity index (χ0n) is 14.4. The largest absolute Gasteiger partial charge is 0.416 e. The fourth-order valence-electron chi connectivity index (χ4n) is 2.53. The summed E-state index contributed by atoms with van der Waals surface area (Å²) in [6.07, 6.45) is -8.69. The number of halogens is 5.